The Labute approximate surface area is 137 Å². The number of rotatable bonds is 7. The summed E-state index contributed by atoms with van der Waals surface area (Å²) in [4.78, 5) is 22.3. The highest BCUT2D eigenvalue weighted by atomic mass is 32.2. The van der Waals surface area contributed by atoms with Crippen LogP contribution in [0.5, 0.6) is 5.75 Å². The lowest BCUT2D eigenvalue weighted by molar-refractivity contribution is -0.166. The van der Waals surface area contributed by atoms with Gasteiger partial charge in [-0.15, -0.1) is 0 Å². The Balaban J connectivity index is 2.60. The second-order valence-electron chi connectivity index (χ2n) is 4.90. The molecule has 0 aromatic heterocycles. The summed E-state index contributed by atoms with van der Waals surface area (Å²) in [5.74, 6) is -3.46. The molecule has 1 aromatic rings. The first-order valence-corrected chi connectivity index (χ1v) is 8.21. The van der Waals surface area contributed by atoms with Crippen LogP contribution in [-0.2, 0) is 24.4 Å². The van der Waals surface area contributed by atoms with Gasteiger partial charge in [-0.05, 0) is 30.0 Å². The first-order chi connectivity index (χ1) is 11.0. The van der Waals surface area contributed by atoms with E-state index in [1.165, 1.54) is 12.1 Å². The predicted molar refractivity (Wildman–Crippen MR) is 76.4 cm³/mol. The number of halogens is 2. The lowest BCUT2D eigenvalue weighted by Crippen LogP contribution is -2.40. The fourth-order valence-corrected chi connectivity index (χ4v) is 1.83. The Bertz CT molecular complexity index is 698. The number of alkyl halides is 2. The van der Waals surface area contributed by atoms with E-state index in [9.17, 15) is 31.3 Å². The molecule has 0 heterocycles. The Morgan fingerprint density at radius 3 is 2.25 bits per heavy atom. The Morgan fingerprint density at radius 2 is 1.79 bits per heavy atom. The predicted octanol–water partition coefficient (Wildman–Crippen LogP) is 1.79. The first-order valence-electron chi connectivity index (χ1n) is 6.80. The maximum absolute atomic E-state index is 12.8. The SMILES string of the molecule is CCC(C)c1ccc(OC(=O)COC(=O)C(F)(F)S(=O)(=O)[O-])cc1. The van der Waals surface area contributed by atoms with Crippen LogP contribution in [0.3, 0.4) is 0 Å². The van der Waals surface area contributed by atoms with Crippen molar-refractivity contribution in [3.63, 3.8) is 0 Å². The second-order valence-corrected chi connectivity index (χ2v) is 6.32. The molecule has 0 fully saturated rings. The molecule has 10 heteroatoms. The highest BCUT2D eigenvalue weighted by Gasteiger charge is 2.48. The summed E-state index contributed by atoms with van der Waals surface area (Å²) < 4.78 is 64.9. The van der Waals surface area contributed by atoms with Crippen LogP contribution in [-0.4, -0.2) is 36.8 Å². The van der Waals surface area contributed by atoms with Gasteiger partial charge in [0, 0.05) is 0 Å². The van der Waals surface area contributed by atoms with E-state index in [2.05, 4.69) is 4.74 Å². The Kier molecular flexibility index (Phi) is 6.38. The third-order valence-corrected chi connectivity index (χ3v) is 3.96. The summed E-state index contributed by atoms with van der Waals surface area (Å²) >= 11 is 0. The standard InChI is InChI=1S/C14H16F2O7S/c1-3-9(2)10-4-6-11(7-5-10)23-12(17)8-22-13(18)14(15,16)24(19,20)21/h4-7,9H,3,8H2,1-2H3,(H,19,20,21)/p-1. The van der Waals surface area contributed by atoms with Crippen molar-refractivity contribution >= 4 is 22.1 Å². The third kappa shape index (κ3) is 4.96. The second kappa shape index (κ2) is 7.67. The highest BCUT2D eigenvalue weighted by molar-refractivity contribution is 7.87. The number of carbonyl (C=O) groups is 2. The molecule has 1 atom stereocenters. The fraction of sp³-hybridized carbons (Fsp3) is 0.429. The minimum absolute atomic E-state index is 0.0892. The molecule has 0 aliphatic rings. The van der Waals surface area contributed by atoms with Gasteiger partial charge in [-0.1, -0.05) is 26.0 Å². The number of ether oxygens (including phenoxy) is 2. The summed E-state index contributed by atoms with van der Waals surface area (Å²) in [5.41, 5.74) is 1.00. The molecule has 0 saturated heterocycles. The van der Waals surface area contributed by atoms with Crippen molar-refractivity contribution in [1.82, 2.24) is 0 Å². The van der Waals surface area contributed by atoms with Gasteiger partial charge in [-0.2, -0.15) is 8.78 Å². The molecule has 1 rings (SSSR count). The molecular weight excluding hydrogens is 350 g/mol. The van der Waals surface area contributed by atoms with Gasteiger partial charge in [0.05, 0.1) is 0 Å². The van der Waals surface area contributed by atoms with E-state index in [1.54, 1.807) is 12.1 Å². The molecule has 0 aliphatic carbocycles. The average Bonchev–Trinajstić information content (AvgIpc) is 2.51. The molecule has 7 nitrogen and oxygen atoms in total. The van der Waals surface area contributed by atoms with Crippen LogP contribution in [0.2, 0.25) is 0 Å². The lowest BCUT2D eigenvalue weighted by atomic mass is 9.99. The molecule has 1 unspecified atom stereocenters. The van der Waals surface area contributed by atoms with Crippen molar-refractivity contribution in [3.8, 4) is 5.75 Å². The van der Waals surface area contributed by atoms with E-state index in [4.69, 9.17) is 4.74 Å². The smallest absolute Gasteiger partial charge is 0.428 e. The van der Waals surface area contributed by atoms with Crippen LogP contribution in [0.15, 0.2) is 24.3 Å². The van der Waals surface area contributed by atoms with Crippen LogP contribution < -0.4 is 4.74 Å². The summed E-state index contributed by atoms with van der Waals surface area (Å²) in [6, 6.07) is 6.36. The van der Waals surface area contributed by atoms with Crippen LogP contribution in [0.1, 0.15) is 31.7 Å². The maximum Gasteiger partial charge on any atom is 0.428 e. The van der Waals surface area contributed by atoms with Crippen molar-refractivity contribution in [2.75, 3.05) is 6.61 Å². The topological polar surface area (TPSA) is 110 Å². The number of benzene rings is 1. The minimum atomic E-state index is -6.23. The number of carbonyl (C=O) groups excluding carboxylic acids is 2. The monoisotopic (exact) mass is 365 g/mol. The zero-order chi connectivity index (χ0) is 18.5. The molecule has 1 aromatic carbocycles. The maximum atomic E-state index is 12.8. The van der Waals surface area contributed by atoms with Crippen molar-refractivity contribution in [1.29, 1.82) is 0 Å². The van der Waals surface area contributed by atoms with Crippen LogP contribution in [0, 0.1) is 0 Å². The van der Waals surface area contributed by atoms with E-state index >= 15 is 0 Å². The molecule has 0 bridgehead atoms. The van der Waals surface area contributed by atoms with Gasteiger partial charge in [-0.3, -0.25) is 0 Å². The van der Waals surface area contributed by atoms with E-state index in [0.717, 1.165) is 12.0 Å². The van der Waals surface area contributed by atoms with Crippen molar-refractivity contribution in [2.24, 2.45) is 0 Å². The van der Waals surface area contributed by atoms with Crippen LogP contribution in [0.4, 0.5) is 8.78 Å². The Hall–Kier alpha value is -2.07. The summed E-state index contributed by atoms with van der Waals surface area (Å²) in [5, 5.41) is -5.27. The Morgan fingerprint density at radius 1 is 1.25 bits per heavy atom. The summed E-state index contributed by atoms with van der Waals surface area (Å²) in [6.45, 7) is 2.74. The molecule has 0 saturated carbocycles. The van der Waals surface area contributed by atoms with E-state index in [0.29, 0.717) is 5.92 Å². The molecule has 0 spiro atoms. The van der Waals surface area contributed by atoms with E-state index < -0.39 is 33.9 Å². The van der Waals surface area contributed by atoms with Gasteiger partial charge < -0.3 is 14.0 Å². The minimum Gasteiger partial charge on any atom is -0.743 e. The molecule has 24 heavy (non-hydrogen) atoms. The van der Waals surface area contributed by atoms with Gasteiger partial charge in [0.25, 0.3) is 0 Å². The van der Waals surface area contributed by atoms with Gasteiger partial charge in [0.2, 0.25) is 0 Å². The zero-order valence-corrected chi connectivity index (χ0v) is 13.6. The third-order valence-electron chi connectivity index (χ3n) is 3.17. The first kappa shape index (κ1) is 20.0. The number of hydrogen-bond donors (Lipinski definition) is 0. The van der Waals surface area contributed by atoms with Crippen molar-refractivity contribution < 1.29 is 40.8 Å². The fourth-order valence-electron chi connectivity index (χ4n) is 1.57. The van der Waals surface area contributed by atoms with Gasteiger partial charge in [-0.25, -0.2) is 18.0 Å². The van der Waals surface area contributed by atoms with Crippen LogP contribution >= 0.6 is 0 Å². The quantitative estimate of drug-likeness (QED) is 0.411. The van der Waals surface area contributed by atoms with E-state index in [-0.39, 0.29) is 5.75 Å². The van der Waals surface area contributed by atoms with Crippen LogP contribution in [0.25, 0.3) is 0 Å². The van der Waals surface area contributed by atoms with E-state index in [1.807, 2.05) is 13.8 Å². The normalized spacial score (nSPS) is 13.2. The summed E-state index contributed by atoms with van der Waals surface area (Å²) in [7, 11) is -6.23. The number of esters is 2. The molecule has 134 valence electrons. The van der Waals surface area contributed by atoms with Gasteiger partial charge in [0.1, 0.15) is 5.75 Å². The molecule has 0 N–H and O–H groups in total. The lowest BCUT2D eigenvalue weighted by Gasteiger charge is -2.17. The van der Waals surface area contributed by atoms with Gasteiger partial charge >= 0.3 is 17.2 Å². The average molecular weight is 365 g/mol. The largest absolute Gasteiger partial charge is 0.743 e. The van der Waals surface area contributed by atoms with Crippen molar-refractivity contribution in [3.05, 3.63) is 29.8 Å². The highest BCUT2D eigenvalue weighted by Crippen LogP contribution is 2.23. The zero-order valence-electron chi connectivity index (χ0n) is 12.8. The van der Waals surface area contributed by atoms with Gasteiger partial charge in [0.15, 0.2) is 16.7 Å². The molecule has 0 amide bonds. The molecule has 0 aliphatic heterocycles. The summed E-state index contributed by atoms with van der Waals surface area (Å²) in [6.07, 6.45) is 0.909. The molecule has 0 radical (unpaired) electrons. The van der Waals surface area contributed by atoms with Crippen molar-refractivity contribution in [2.45, 2.75) is 31.4 Å². The molecular formula is C14H15F2O7S-. The number of hydrogen-bond acceptors (Lipinski definition) is 7.